The molecule has 0 aliphatic carbocycles. The molecule has 2 rings (SSSR count). The molecule has 1 aliphatic heterocycles. The molecule has 0 radical (unpaired) electrons. The molecule has 1 aliphatic rings. The number of hydrogen-bond acceptors (Lipinski definition) is 3. The number of piperidine rings is 1. The summed E-state index contributed by atoms with van der Waals surface area (Å²) >= 11 is 6.13. The van der Waals surface area contributed by atoms with Gasteiger partial charge < -0.3 is 15.7 Å². The molecule has 0 bridgehead atoms. The molecule has 0 saturated carbocycles. The van der Waals surface area contributed by atoms with Gasteiger partial charge in [-0.3, -0.25) is 0 Å². The van der Waals surface area contributed by atoms with E-state index in [0.29, 0.717) is 6.54 Å². The van der Waals surface area contributed by atoms with Crippen molar-refractivity contribution in [1.82, 2.24) is 4.90 Å². The third-order valence-electron chi connectivity index (χ3n) is 3.82. The lowest BCUT2D eigenvalue weighted by Crippen LogP contribution is -2.49. The van der Waals surface area contributed by atoms with Gasteiger partial charge in [-0.25, -0.2) is 0 Å². The molecular formula is C14H21ClN2O. The minimum absolute atomic E-state index is 0.366. The van der Waals surface area contributed by atoms with Crippen molar-refractivity contribution >= 4 is 11.6 Å². The fourth-order valence-corrected chi connectivity index (χ4v) is 2.61. The smallest absolute Gasteiger partial charge is 0.0793 e. The van der Waals surface area contributed by atoms with Crippen LogP contribution in [-0.2, 0) is 6.42 Å². The largest absolute Gasteiger partial charge is 0.388 e. The Balaban J connectivity index is 1.81. The van der Waals surface area contributed by atoms with Crippen LogP contribution in [0.5, 0.6) is 0 Å². The van der Waals surface area contributed by atoms with Crippen molar-refractivity contribution in [2.75, 3.05) is 26.2 Å². The van der Waals surface area contributed by atoms with Gasteiger partial charge in [0.1, 0.15) is 0 Å². The molecule has 1 aromatic rings. The molecule has 3 N–H and O–H groups in total. The third-order valence-corrected chi connectivity index (χ3v) is 4.19. The number of aliphatic hydroxyl groups is 1. The van der Waals surface area contributed by atoms with E-state index in [0.717, 1.165) is 43.9 Å². The molecule has 1 heterocycles. The number of hydrogen-bond donors (Lipinski definition) is 2. The van der Waals surface area contributed by atoms with Gasteiger partial charge in [0.2, 0.25) is 0 Å². The average molecular weight is 269 g/mol. The van der Waals surface area contributed by atoms with Crippen LogP contribution in [0.4, 0.5) is 0 Å². The Labute approximate surface area is 114 Å². The zero-order chi connectivity index (χ0) is 13.0. The molecule has 1 aromatic carbocycles. The molecule has 0 unspecified atom stereocenters. The van der Waals surface area contributed by atoms with Gasteiger partial charge in [-0.2, -0.15) is 0 Å². The summed E-state index contributed by atoms with van der Waals surface area (Å²) in [6.45, 7) is 3.19. The van der Waals surface area contributed by atoms with Crippen LogP contribution in [-0.4, -0.2) is 41.8 Å². The molecule has 1 fully saturated rings. The summed E-state index contributed by atoms with van der Waals surface area (Å²) in [5.74, 6) is 0. The van der Waals surface area contributed by atoms with Crippen molar-refractivity contribution in [2.24, 2.45) is 5.73 Å². The van der Waals surface area contributed by atoms with Crippen molar-refractivity contribution in [2.45, 2.75) is 24.9 Å². The molecule has 18 heavy (non-hydrogen) atoms. The van der Waals surface area contributed by atoms with E-state index in [-0.39, 0.29) is 0 Å². The van der Waals surface area contributed by atoms with Crippen LogP contribution in [0.15, 0.2) is 24.3 Å². The molecule has 0 aromatic heterocycles. The normalized spacial score (nSPS) is 19.9. The Morgan fingerprint density at radius 1 is 1.28 bits per heavy atom. The number of rotatable bonds is 4. The highest BCUT2D eigenvalue weighted by Gasteiger charge is 2.30. The molecule has 1 saturated heterocycles. The van der Waals surface area contributed by atoms with Gasteiger partial charge in [-0.1, -0.05) is 29.8 Å². The van der Waals surface area contributed by atoms with Gasteiger partial charge in [0.25, 0.3) is 0 Å². The van der Waals surface area contributed by atoms with Crippen molar-refractivity contribution in [3.63, 3.8) is 0 Å². The lowest BCUT2D eigenvalue weighted by atomic mass is 9.91. The number of nitrogens with two attached hydrogens (primary N) is 1. The van der Waals surface area contributed by atoms with E-state index >= 15 is 0 Å². The number of benzene rings is 1. The lowest BCUT2D eigenvalue weighted by Gasteiger charge is -2.37. The van der Waals surface area contributed by atoms with Crippen molar-refractivity contribution < 1.29 is 5.11 Å². The van der Waals surface area contributed by atoms with E-state index in [2.05, 4.69) is 11.0 Å². The van der Waals surface area contributed by atoms with Crippen LogP contribution >= 0.6 is 11.6 Å². The predicted octanol–water partition coefficient (Wildman–Crippen LogP) is 1.67. The maximum absolute atomic E-state index is 10.1. The third kappa shape index (κ3) is 3.45. The minimum Gasteiger partial charge on any atom is -0.388 e. The molecule has 0 atom stereocenters. The SMILES string of the molecule is NCC1(O)CCN(CCc2ccccc2Cl)CC1. The van der Waals surface area contributed by atoms with E-state index in [9.17, 15) is 5.11 Å². The van der Waals surface area contributed by atoms with E-state index in [1.54, 1.807) is 0 Å². The highest BCUT2D eigenvalue weighted by Crippen LogP contribution is 2.22. The van der Waals surface area contributed by atoms with Gasteiger partial charge in [-0.15, -0.1) is 0 Å². The number of likely N-dealkylation sites (tertiary alicyclic amines) is 1. The zero-order valence-corrected chi connectivity index (χ0v) is 11.4. The van der Waals surface area contributed by atoms with Crippen LogP contribution in [0.2, 0.25) is 5.02 Å². The highest BCUT2D eigenvalue weighted by atomic mass is 35.5. The van der Waals surface area contributed by atoms with Crippen molar-refractivity contribution in [3.05, 3.63) is 34.9 Å². The van der Waals surface area contributed by atoms with Crippen molar-refractivity contribution in [3.8, 4) is 0 Å². The minimum atomic E-state index is -0.638. The molecule has 4 heteroatoms. The standard InChI is InChI=1S/C14H21ClN2O/c15-13-4-2-1-3-12(13)5-8-17-9-6-14(18,11-16)7-10-17/h1-4,18H,5-11,16H2. The maximum atomic E-state index is 10.1. The molecule has 0 amide bonds. The van der Waals surface area contributed by atoms with E-state index in [1.807, 2.05) is 18.2 Å². The summed E-state index contributed by atoms with van der Waals surface area (Å²) in [5.41, 5.74) is 6.14. The van der Waals surface area contributed by atoms with Gasteiger partial charge in [-0.05, 0) is 30.9 Å². The van der Waals surface area contributed by atoms with E-state index < -0.39 is 5.60 Å². The van der Waals surface area contributed by atoms with Crippen LogP contribution < -0.4 is 5.73 Å². The highest BCUT2D eigenvalue weighted by molar-refractivity contribution is 6.31. The van der Waals surface area contributed by atoms with Gasteiger partial charge in [0.05, 0.1) is 5.60 Å². The second kappa shape index (κ2) is 6.02. The zero-order valence-electron chi connectivity index (χ0n) is 10.6. The quantitative estimate of drug-likeness (QED) is 0.873. The topological polar surface area (TPSA) is 49.5 Å². The van der Waals surface area contributed by atoms with Crippen LogP contribution in [0.3, 0.4) is 0 Å². The fraction of sp³-hybridized carbons (Fsp3) is 0.571. The number of nitrogens with zero attached hydrogens (tertiary/aromatic N) is 1. The monoisotopic (exact) mass is 268 g/mol. The van der Waals surface area contributed by atoms with Crippen LogP contribution in [0.25, 0.3) is 0 Å². The van der Waals surface area contributed by atoms with Crippen LogP contribution in [0, 0.1) is 0 Å². The first-order chi connectivity index (χ1) is 8.63. The first kappa shape index (κ1) is 13.8. The summed E-state index contributed by atoms with van der Waals surface area (Å²) in [7, 11) is 0. The first-order valence-corrected chi connectivity index (χ1v) is 6.89. The van der Waals surface area contributed by atoms with Gasteiger partial charge in [0, 0.05) is 31.2 Å². The Hall–Kier alpha value is -0.610. The van der Waals surface area contributed by atoms with E-state index in [4.69, 9.17) is 17.3 Å². The Bertz CT molecular complexity index is 389. The van der Waals surface area contributed by atoms with Gasteiger partial charge in [0.15, 0.2) is 0 Å². The Morgan fingerprint density at radius 2 is 1.94 bits per heavy atom. The van der Waals surface area contributed by atoms with Crippen molar-refractivity contribution in [1.29, 1.82) is 0 Å². The number of halogens is 1. The summed E-state index contributed by atoms with van der Waals surface area (Å²) < 4.78 is 0. The predicted molar refractivity (Wildman–Crippen MR) is 74.8 cm³/mol. The molecule has 3 nitrogen and oxygen atoms in total. The summed E-state index contributed by atoms with van der Waals surface area (Å²) in [4.78, 5) is 2.37. The van der Waals surface area contributed by atoms with E-state index in [1.165, 1.54) is 5.56 Å². The first-order valence-electron chi connectivity index (χ1n) is 6.51. The molecular weight excluding hydrogens is 248 g/mol. The average Bonchev–Trinajstić information content (AvgIpc) is 2.40. The summed E-state index contributed by atoms with van der Waals surface area (Å²) in [6.07, 6.45) is 2.50. The maximum Gasteiger partial charge on any atom is 0.0793 e. The lowest BCUT2D eigenvalue weighted by molar-refractivity contribution is -0.0130. The summed E-state index contributed by atoms with van der Waals surface area (Å²) in [6, 6.07) is 7.97. The van der Waals surface area contributed by atoms with Crippen LogP contribution in [0.1, 0.15) is 18.4 Å². The second-order valence-corrected chi connectivity index (χ2v) is 5.52. The molecule has 0 spiro atoms. The van der Waals surface area contributed by atoms with Gasteiger partial charge >= 0.3 is 0 Å². The second-order valence-electron chi connectivity index (χ2n) is 5.11. The Morgan fingerprint density at radius 3 is 2.56 bits per heavy atom. The summed E-state index contributed by atoms with van der Waals surface area (Å²) in [5, 5.41) is 10.9. The molecule has 100 valence electrons. The fourth-order valence-electron chi connectivity index (χ4n) is 2.38. The Kier molecular flexibility index (Phi) is 4.62.